The molecule has 0 radical (unpaired) electrons. The van der Waals surface area contributed by atoms with Crippen LogP contribution in [0.2, 0.25) is 5.02 Å². The molecule has 4 nitrogen and oxygen atoms in total. The Morgan fingerprint density at radius 3 is 2.25 bits per heavy atom. The van der Waals surface area contributed by atoms with Gasteiger partial charge in [0, 0.05) is 26.2 Å². The van der Waals surface area contributed by atoms with Crippen LogP contribution in [-0.4, -0.2) is 55.5 Å². The van der Waals surface area contributed by atoms with Crippen LogP contribution in [0.3, 0.4) is 0 Å². The van der Waals surface area contributed by atoms with Crippen LogP contribution in [0.5, 0.6) is 5.75 Å². The van der Waals surface area contributed by atoms with Crippen molar-refractivity contribution in [3.05, 3.63) is 28.8 Å². The lowest BCUT2D eigenvalue weighted by atomic mass is 9.48. The number of carbonyl (C=O) groups is 1. The lowest BCUT2D eigenvalue weighted by Gasteiger charge is -2.57. The molecule has 1 aliphatic heterocycles. The van der Waals surface area contributed by atoms with Gasteiger partial charge in [0.15, 0.2) is 6.61 Å². The molecule has 0 N–H and O–H groups in total. The Morgan fingerprint density at radius 2 is 1.68 bits per heavy atom. The first-order valence-corrected chi connectivity index (χ1v) is 11.3. The Bertz CT molecular complexity index is 722. The minimum atomic E-state index is 0.0503. The SMILES string of the molecule is CN1CCN(C(=O)COc2ccc(C34CC5CC(CC(C5)C3)C4)cc2Cl)CC1. The smallest absolute Gasteiger partial charge is 0.260 e. The number of rotatable bonds is 4. The summed E-state index contributed by atoms with van der Waals surface area (Å²) < 4.78 is 5.82. The Balaban J connectivity index is 1.25. The number of likely N-dealkylation sites (N-methyl/N-ethyl adjacent to an activating group) is 1. The van der Waals surface area contributed by atoms with Crippen LogP contribution in [0.4, 0.5) is 0 Å². The zero-order valence-electron chi connectivity index (χ0n) is 16.8. The number of amides is 1. The predicted molar refractivity (Wildman–Crippen MR) is 111 cm³/mol. The first-order chi connectivity index (χ1) is 13.5. The molecule has 1 saturated heterocycles. The Morgan fingerprint density at radius 1 is 1.07 bits per heavy atom. The van der Waals surface area contributed by atoms with E-state index in [1.165, 1.54) is 44.1 Å². The van der Waals surface area contributed by atoms with Crippen molar-refractivity contribution in [1.82, 2.24) is 9.80 Å². The second-order valence-electron chi connectivity index (χ2n) is 9.82. The average molecular weight is 403 g/mol. The summed E-state index contributed by atoms with van der Waals surface area (Å²) in [5.41, 5.74) is 1.74. The summed E-state index contributed by atoms with van der Waals surface area (Å²) in [5, 5.41) is 0.652. The summed E-state index contributed by atoms with van der Waals surface area (Å²) in [6.07, 6.45) is 8.33. The molecule has 4 saturated carbocycles. The van der Waals surface area contributed by atoms with Gasteiger partial charge in [-0.3, -0.25) is 4.79 Å². The van der Waals surface area contributed by atoms with Gasteiger partial charge in [0.25, 0.3) is 5.91 Å². The predicted octanol–water partition coefficient (Wildman–Crippen LogP) is 3.96. The largest absolute Gasteiger partial charge is 0.482 e. The number of hydrogen-bond acceptors (Lipinski definition) is 3. The third-order valence-corrected chi connectivity index (χ3v) is 8.08. The third kappa shape index (κ3) is 3.43. The minimum absolute atomic E-state index is 0.0503. The molecule has 0 unspecified atom stereocenters. The summed E-state index contributed by atoms with van der Waals surface area (Å²) in [5.74, 6) is 3.44. The van der Waals surface area contributed by atoms with Gasteiger partial charge in [0.05, 0.1) is 5.02 Å². The molecule has 1 amide bonds. The number of ether oxygens (including phenoxy) is 1. The van der Waals surface area contributed by atoms with E-state index < -0.39 is 0 Å². The molecule has 6 rings (SSSR count). The fourth-order valence-corrected chi connectivity index (χ4v) is 6.93. The van der Waals surface area contributed by atoms with Crippen molar-refractivity contribution in [2.75, 3.05) is 39.8 Å². The van der Waals surface area contributed by atoms with Crippen molar-refractivity contribution in [3.63, 3.8) is 0 Å². The van der Waals surface area contributed by atoms with Gasteiger partial charge in [-0.2, -0.15) is 0 Å². The van der Waals surface area contributed by atoms with E-state index in [0.717, 1.165) is 43.9 Å². The first kappa shape index (κ1) is 18.7. The molecule has 1 heterocycles. The van der Waals surface area contributed by atoms with Crippen LogP contribution in [0.15, 0.2) is 18.2 Å². The van der Waals surface area contributed by atoms with Crippen molar-refractivity contribution >= 4 is 17.5 Å². The third-order valence-electron chi connectivity index (χ3n) is 7.79. The van der Waals surface area contributed by atoms with Gasteiger partial charge in [-0.15, -0.1) is 0 Å². The minimum Gasteiger partial charge on any atom is -0.482 e. The fraction of sp³-hybridized carbons (Fsp3) is 0.696. The van der Waals surface area contributed by atoms with E-state index in [2.05, 4.69) is 24.1 Å². The van der Waals surface area contributed by atoms with Crippen molar-refractivity contribution in [1.29, 1.82) is 0 Å². The van der Waals surface area contributed by atoms with Crippen molar-refractivity contribution in [3.8, 4) is 5.75 Å². The lowest BCUT2D eigenvalue weighted by molar-refractivity contribution is -0.134. The number of piperazine rings is 1. The number of nitrogens with zero attached hydrogens (tertiary/aromatic N) is 2. The van der Waals surface area contributed by atoms with Gasteiger partial charge < -0.3 is 14.5 Å². The average Bonchev–Trinajstić information content (AvgIpc) is 2.66. The highest BCUT2D eigenvalue weighted by molar-refractivity contribution is 6.32. The Hall–Kier alpha value is -1.26. The molecule has 0 atom stereocenters. The fourth-order valence-electron chi connectivity index (χ4n) is 6.70. The van der Waals surface area contributed by atoms with Gasteiger partial charge in [-0.25, -0.2) is 0 Å². The summed E-state index contributed by atoms with van der Waals surface area (Å²) in [7, 11) is 2.09. The van der Waals surface area contributed by atoms with E-state index in [0.29, 0.717) is 16.2 Å². The maximum absolute atomic E-state index is 12.4. The molecule has 28 heavy (non-hydrogen) atoms. The van der Waals surface area contributed by atoms with Crippen LogP contribution in [0.25, 0.3) is 0 Å². The van der Waals surface area contributed by atoms with Crippen molar-refractivity contribution in [2.45, 2.75) is 43.9 Å². The van der Waals surface area contributed by atoms with E-state index in [9.17, 15) is 4.79 Å². The van der Waals surface area contributed by atoms with E-state index in [-0.39, 0.29) is 12.5 Å². The topological polar surface area (TPSA) is 32.8 Å². The number of hydrogen-bond donors (Lipinski definition) is 0. The summed E-state index contributed by atoms with van der Waals surface area (Å²) in [6, 6.07) is 6.34. The summed E-state index contributed by atoms with van der Waals surface area (Å²) >= 11 is 6.60. The Kier molecular flexibility index (Phi) is 4.83. The zero-order valence-corrected chi connectivity index (χ0v) is 17.6. The number of halogens is 1. The molecule has 152 valence electrons. The van der Waals surface area contributed by atoms with E-state index >= 15 is 0 Å². The van der Waals surface area contributed by atoms with E-state index in [1.807, 2.05) is 11.0 Å². The molecule has 4 bridgehead atoms. The molecule has 5 aliphatic rings. The standard InChI is InChI=1S/C23H31ClN2O2/c1-25-4-6-26(7-5-25)22(27)15-28-21-3-2-19(11-20(21)24)23-12-16-8-17(13-23)10-18(9-16)14-23/h2-3,11,16-18H,4-10,12-15H2,1H3. The normalized spacial score (nSPS) is 34.6. The van der Waals surface area contributed by atoms with Crippen LogP contribution >= 0.6 is 11.6 Å². The highest BCUT2D eigenvalue weighted by Crippen LogP contribution is 2.61. The van der Waals surface area contributed by atoms with E-state index in [4.69, 9.17) is 16.3 Å². The quantitative estimate of drug-likeness (QED) is 0.764. The molecular weight excluding hydrogens is 372 g/mol. The van der Waals surface area contributed by atoms with Gasteiger partial charge in [-0.05, 0) is 86.4 Å². The lowest BCUT2D eigenvalue weighted by Crippen LogP contribution is -2.48. The zero-order chi connectivity index (χ0) is 19.3. The first-order valence-electron chi connectivity index (χ1n) is 10.9. The molecule has 4 aliphatic carbocycles. The van der Waals surface area contributed by atoms with Gasteiger partial charge in [-0.1, -0.05) is 17.7 Å². The Labute approximate surface area is 173 Å². The monoisotopic (exact) mass is 402 g/mol. The van der Waals surface area contributed by atoms with Crippen LogP contribution < -0.4 is 4.74 Å². The molecule has 1 aromatic rings. The summed E-state index contributed by atoms with van der Waals surface area (Å²) in [4.78, 5) is 16.6. The molecular formula is C23H31ClN2O2. The molecule has 5 heteroatoms. The van der Waals surface area contributed by atoms with Gasteiger partial charge >= 0.3 is 0 Å². The highest BCUT2D eigenvalue weighted by atomic mass is 35.5. The van der Waals surface area contributed by atoms with Crippen LogP contribution in [-0.2, 0) is 10.2 Å². The molecule has 0 spiro atoms. The second-order valence-corrected chi connectivity index (χ2v) is 10.2. The second kappa shape index (κ2) is 7.21. The van der Waals surface area contributed by atoms with Gasteiger partial charge in [0.1, 0.15) is 5.75 Å². The van der Waals surface area contributed by atoms with Gasteiger partial charge in [0.2, 0.25) is 0 Å². The molecule has 1 aromatic carbocycles. The van der Waals surface area contributed by atoms with Crippen LogP contribution in [0, 0.1) is 17.8 Å². The highest BCUT2D eigenvalue weighted by Gasteiger charge is 2.51. The van der Waals surface area contributed by atoms with Crippen molar-refractivity contribution in [2.24, 2.45) is 17.8 Å². The maximum Gasteiger partial charge on any atom is 0.260 e. The number of benzene rings is 1. The molecule has 5 fully saturated rings. The van der Waals surface area contributed by atoms with Crippen molar-refractivity contribution < 1.29 is 9.53 Å². The van der Waals surface area contributed by atoms with Crippen LogP contribution in [0.1, 0.15) is 44.1 Å². The maximum atomic E-state index is 12.4. The molecule has 0 aromatic heterocycles. The van der Waals surface area contributed by atoms with E-state index in [1.54, 1.807) is 0 Å². The number of carbonyl (C=O) groups excluding carboxylic acids is 1. The summed E-state index contributed by atoms with van der Waals surface area (Å²) in [6.45, 7) is 3.47.